The minimum Gasteiger partial charge on any atom is -0.497 e. The molecule has 0 amide bonds. The third-order valence-corrected chi connectivity index (χ3v) is 3.42. The number of benzene rings is 1. The zero-order valence-electron chi connectivity index (χ0n) is 11.1. The van der Waals surface area contributed by atoms with E-state index in [9.17, 15) is 5.11 Å². The highest BCUT2D eigenvalue weighted by atomic mass is 16.5. The van der Waals surface area contributed by atoms with Gasteiger partial charge in [0, 0.05) is 0 Å². The first-order valence-electron chi connectivity index (χ1n) is 5.57. The highest BCUT2D eigenvalue weighted by Gasteiger charge is 2.37. The summed E-state index contributed by atoms with van der Waals surface area (Å²) in [5.74, 6) is 0.825. The van der Waals surface area contributed by atoms with Crippen molar-refractivity contribution in [2.24, 2.45) is 5.41 Å². The molecule has 0 aromatic heterocycles. The van der Waals surface area contributed by atoms with Gasteiger partial charge in [-0.1, -0.05) is 26.8 Å². The maximum absolute atomic E-state index is 10.6. The summed E-state index contributed by atoms with van der Waals surface area (Å²) >= 11 is 0. The summed E-state index contributed by atoms with van der Waals surface area (Å²) in [6.45, 7) is 9.98. The molecule has 2 heteroatoms. The SMILES string of the molecule is COc1ccc(C(C)(O)C(C)(C)C)c(C)c1. The number of ether oxygens (including phenoxy) is 1. The molecular formula is C14H22O2. The fourth-order valence-electron chi connectivity index (χ4n) is 1.71. The van der Waals surface area contributed by atoms with Gasteiger partial charge in [-0.25, -0.2) is 0 Å². The van der Waals surface area contributed by atoms with Crippen molar-refractivity contribution >= 4 is 0 Å². The molecule has 1 rings (SSSR count). The van der Waals surface area contributed by atoms with Gasteiger partial charge in [-0.15, -0.1) is 0 Å². The molecule has 1 unspecified atom stereocenters. The lowest BCUT2D eigenvalue weighted by Gasteiger charge is -2.38. The molecule has 90 valence electrons. The van der Waals surface area contributed by atoms with Gasteiger partial charge in [-0.05, 0) is 42.5 Å². The van der Waals surface area contributed by atoms with Crippen LogP contribution in [0.5, 0.6) is 5.75 Å². The summed E-state index contributed by atoms with van der Waals surface area (Å²) in [4.78, 5) is 0. The van der Waals surface area contributed by atoms with Crippen molar-refractivity contribution in [3.8, 4) is 5.75 Å². The molecule has 0 heterocycles. The fraction of sp³-hybridized carbons (Fsp3) is 0.571. The van der Waals surface area contributed by atoms with Crippen LogP contribution in [0.4, 0.5) is 0 Å². The van der Waals surface area contributed by atoms with E-state index in [1.165, 1.54) is 0 Å². The summed E-state index contributed by atoms with van der Waals surface area (Å²) in [6.07, 6.45) is 0. The summed E-state index contributed by atoms with van der Waals surface area (Å²) in [6, 6.07) is 5.79. The number of methoxy groups -OCH3 is 1. The summed E-state index contributed by atoms with van der Waals surface area (Å²) in [7, 11) is 1.65. The Bertz CT molecular complexity index is 373. The van der Waals surface area contributed by atoms with Crippen LogP contribution in [0.1, 0.15) is 38.8 Å². The minimum atomic E-state index is -0.844. The van der Waals surface area contributed by atoms with Crippen molar-refractivity contribution in [2.45, 2.75) is 40.2 Å². The third-order valence-electron chi connectivity index (χ3n) is 3.42. The second-order valence-electron chi connectivity index (χ2n) is 5.50. The molecular weight excluding hydrogens is 200 g/mol. The van der Waals surface area contributed by atoms with Crippen LogP contribution < -0.4 is 4.74 Å². The molecule has 0 bridgehead atoms. The van der Waals surface area contributed by atoms with Crippen LogP contribution in [0.25, 0.3) is 0 Å². The van der Waals surface area contributed by atoms with E-state index < -0.39 is 5.60 Å². The molecule has 1 N–H and O–H groups in total. The normalized spacial score (nSPS) is 15.7. The number of aliphatic hydroxyl groups is 1. The molecule has 0 saturated heterocycles. The average molecular weight is 222 g/mol. The highest BCUT2D eigenvalue weighted by Crippen LogP contribution is 2.40. The van der Waals surface area contributed by atoms with Gasteiger partial charge in [0.15, 0.2) is 0 Å². The Morgan fingerprint density at radius 1 is 1.12 bits per heavy atom. The Morgan fingerprint density at radius 2 is 1.69 bits per heavy atom. The second-order valence-corrected chi connectivity index (χ2v) is 5.50. The minimum absolute atomic E-state index is 0.202. The Kier molecular flexibility index (Phi) is 3.34. The van der Waals surface area contributed by atoms with Crippen LogP contribution in [0.3, 0.4) is 0 Å². The number of hydrogen-bond donors (Lipinski definition) is 1. The van der Waals surface area contributed by atoms with Crippen molar-refractivity contribution in [2.75, 3.05) is 7.11 Å². The predicted octanol–water partition coefficient (Wildman–Crippen LogP) is 3.26. The van der Waals surface area contributed by atoms with Gasteiger partial charge in [-0.2, -0.15) is 0 Å². The van der Waals surface area contributed by atoms with Gasteiger partial charge in [0.2, 0.25) is 0 Å². The first kappa shape index (κ1) is 13.0. The summed E-state index contributed by atoms with van der Waals surface area (Å²) in [5.41, 5.74) is 0.968. The van der Waals surface area contributed by atoms with Crippen molar-refractivity contribution in [1.29, 1.82) is 0 Å². The lowest BCUT2D eigenvalue weighted by molar-refractivity contribution is -0.0475. The molecule has 0 fully saturated rings. The average Bonchev–Trinajstić information content (AvgIpc) is 2.15. The molecule has 0 aliphatic rings. The Hall–Kier alpha value is -1.02. The van der Waals surface area contributed by atoms with Crippen LogP contribution in [0.2, 0.25) is 0 Å². The van der Waals surface area contributed by atoms with Gasteiger partial charge < -0.3 is 9.84 Å². The van der Waals surface area contributed by atoms with E-state index >= 15 is 0 Å². The third kappa shape index (κ3) is 2.22. The molecule has 0 aliphatic heterocycles. The van der Waals surface area contributed by atoms with E-state index in [2.05, 4.69) is 0 Å². The molecule has 0 spiro atoms. The monoisotopic (exact) mass is 222 g/mol. The number of hydrogen-bond acceptors (Lipinski definition) is 2. The van der Waals surface area contributed by atoms with E-state index in [1.54, 1.807) is 7.11 Å². The molecule has 2 nitrogen and oxygen atoms in total. The molecule has 16 heavy (non-hydrogen) atoms. The molecule has 0 radical (unpaired) electrons. The standard InChI is InChI=1S/C14H22O2/c1-10-9-11(16-6)7-8-12(10)14(5,15)13(2,3)4/h7-9,15H,1-6H3. The van der Waals surface area contributed by atoms with Crippen LogP contribution in [0.15, 0.2) is 18.2 Å². The molecule has 0 saturated carbocycles. The molecule has 1 atom stereocenters. The Balaban J connectivity index is 3.24. The van der Waals surface area contributed by atoms with E-state index in [4.69, 9.17) is 4.74 Å². The smallest absolute Gasteiger partial charge is 0.119 e. The Morgan fingerprint density at radius 3 is 2.06 bits per heavy atom. The number of rotatable bonds is 2. The fourth-order valence-corrected chi connectivity index (χ4v) is 1.71. The zero-order chi connectivity index (χ0) is 12.6. The van der Waals surface area contributed by atoms with Crippen molar-refractivity contribution in [3.05, 3.63) is 29.3 Å². The lowest BCUT2D eigenvalue weighted by atomic mass is 9.72. The maximum Gasteiger partial charge on any atom is 0.119 e. The van der Waals surface area contributed by atoms with Crippen molar-refractivity contribution < 1.29 is 9.84 Å². The van der Waals surface area contributed by atoms with Crippen LogP contribution in [-0.4, -0.2) is 12.2 Å². The largest absolute Gasteiger partial charge is 0.497 e. The van der Waals surface area contributed by atoms with Gasteiger partial charge in [0.1, 0.15) is 5.75 Å². The lowest BCUT2D eigenvalue weighted by Crippen LogP contribution is -2.37. The highest BCUT2D eigenvalue weighted by molar-refractivity contribution is 5.38. The van der Waals surface area contributed by atoms with E-state index in [0.29, 0.717) is 0 Å². The topological polar surface area (TPSA) is 29.5 Å². The first-order chi connectivity index (χ1) is 7.20. The van der Waals surface area contributed by atoms with E-state index in [0.717, 1.165) is 16.9 Å². The van der Waals surface area contributed by atoms with Crippen LogP contribution in [0, 0.1) is 12.3 Å². The van der Waals surface area contributed by atoms with Crippen molar-refractivity contribution in [1.82, 2.24) is 0 Å². The van der Waals surface area contributed by atoms with E-state index in [-0.39, 0.29) is 5.41 Å². The number of aryl methyl sites for hydroxylation is 1. The van der Waals surface area contributed by atoms with Gasteiger partial charge in [-0.3, -0.25) is 0 Å². The van der Waals surface area contributed by atoms with Crippen molar-refractivity contribution in [3.63, 3.8) is 0 Å². The van der Waals surface area contributed by atoms with Crippen LogP contribution in [-0.2, 0) is 5.60 Å². The first-order valence-corrected chi connectivity index (χ1v) is 5.57. The van der Waals surface area contributed by atoms with E-state index in [1.807, 2.05) is 52.8 Å². The summed E-state index contributed by atoms with van der Waals surface area (Å²) < 4.78 is 5.17. The quantitative estimate of drug-likeness (QED) is 0.832. The predicted molar refractivity (Wildman–Crippen MR) is 66.8 cm³/mol. The molecule has 1 aromatic carbocycles. The molecule has 0 aliphatic carbocycles. The summed E-state index contributed by atoms with van der Waals surface area (Å²) in [5, 5.41) is 10.6. The Labute approximate surface area is 98.3 Å². The maximum atomic E-state index is 10.6. The zero-order valence-corrected chi connectivity index (χ0v) is 11.1. The molecule has 1 aromatic rings. The van der Waals surface area contributed by atoms with Crippen LogP contribution >= 0.6 is 0 Å². The van der Waals surface area contributed by atoms with Gasteiger partial charge in [0.25, 0.3) is 0 Å². The van der Waals surface area contributed by atoms with Gasteiger partial charge >= 0.3 is 0 Å². The second kappa shape index (κ2) is 4.10. The van der Waals surface area contributed by atoms with Gasteiger partial charge in [0.05, 0.1) is 12.7 Å².